The normalized spacial score (nSPS) is 11.4. The predicted molar refractivity (Wildman–Crippen MR) is 64.7 cm³/mol. The van der Waals surface area contributed by atoms with Crippen LogP contribution in [-0.2, 0) is 9.84 Å². The second-order valence-corrected chi connectivity index (χ2v) is 5.71. The molecular formula is C13H12O3S. The van der Waals surface area contributed by atoms with Crippen molar-refractivity contribution >= 4 is 9.84 Å². The lowest BCUT2D eigenvalue weighted by atomic mass is 10.2. The molecule has 0 fully saturated rings. The number of aryl methyl sites for hydroxylation is 1. The highest BCUT2D eigenvalue weighted by Gasteiger charge is 2.20. The molecule has 0 amide bonds. The van der Waals surface area contributed by atoms with E-state index in [0.29, 0.717) is 0 Å². The number of rotatable bonds is 2. The minimum Gasteiger partial charge on any atom is -0.507 e. The number of phenolic OH excluding ortho intramolecular Hbond substituents is 1. The van der Waals surface area contributed by atoms with Crippen molar-refractivity contribution in [2.45, 2.75) is 16.7 Å². The molecule has 0 saturated carbocycles. The van der Waals surface area contributed by atoms with Gasteiger partial charge in [0.2, 0.25) is 9.84 Å². The first kappa shape index (κ1) is 11.7. The Morgan fingerprint density at radius 2 is 1.65 bits per heavy atom. The summed E-state index contributed by atoms with van der Waals surface area (Å²) in [6, 6.07) is 12.6. The third-order valence-corrected chi connectivity index (χ3v) is 4.26. The summed E-state index contributed by atoms with van der Waals surface area (Å²) in [6.45, 7) is 1.78. The van der Waals surface area contributed by atoms with Crippen molar-refractivity contribution in [3.8, 4) is 5.75 Å². The Kier molecular flexibility index (Phi) is 2.90. The van der Waals surface area contributed by atoms with Crippen LogP contribution in [0.3, 0.4) is 0 Å². The summed E-state index contributed by atoms with van der Waals surface area (Å²) in [4.78, 5) is 0.129. The molecule has 4 heteroatoms. The van der Waals surface area contributed by atoms with Crippen LogP contribution in [0.4, 0.5) is 0 Å². The van der Waals surface area contributed by atoms with E-state index in [1.54, 1.807) is 31.2 Å². The van der Waals surface area contributed by atoms with Gasteiger partial charge >= 0.3 is 0 Å². The standard InChI is InChI=1S/C13H12O3S/c1-10-7-8-12(14)13(9-10)17(15,16)11-5-3-2-4-6-11/h2-9,14H,1H3. The Balaban J connectivity index is 2.64. The average molecular weight is 248 g/mol. The molecule has 0 aliphatic carbocycles. The van der Waals surface area contributed by atoms with Crippen molar-refractivity contribution in [3.05, 3.63) is 54.1 Å². The van der Waals surface area contributed by atoms with E-state index in [0.717, 1.165) is 5.56 Å². The largest absolute Gasteiger partial charge is 0.507 e. The molecule has 0 saturated heterocycles. The van der Waals surface area contributed by atoms with Crippen LogP contribution in [0.5, 0.6) is 5.75 Å². The summed E-state index contributed by atoms with van der Waals surface area (Å²) < 4.78 is 24.5. The number of phenols is 1. The zero-order valence-corrected chi connectivity index (χ0v) is 10.1. The maximum Gasteiger partial charge on any atom is 0.210 e. The van der Waals surface area contributed by atoms with Gasteiger partial charge in [0.15, 0.2) is 0 Å². The lowest BCUT2D eigenvalue weighted by molar-refractivity contribution is 0.458. The summed E-state index contributed by atoms with van der Waals surface area (Å²) in [5.74, 6) is -0.223. The van der Waals surface area contributed by atoms with Gasteiger partial charge in [0, 0.05) is 0 Å². The first-order valence-electron chi connectivity index (χ1n) is 5.11. The fraction of sp³-hybridized carbons (Fsp3) is 0.0769. The van der Waals surface area contributed by atoms with Crippen molar-refractivity contribution in [1.82, 2.24) is 0 Å². The highest BCUT2D eigenvalue weighted by Crippen LogP contribution is 2.29. The Morgan fingerprint density at radius 1 is 1.00 bits per heavy atom. The van der Waals surface area contributed by atoms with E-state index < -0.39 is 9.84 Å². The first-order valence-corrected chi connectivity index (χ1v) is 6.60. The average Bonchev–Trinajstić information content (AvgIpc) is 2.33. The second-order valence-electron chi connectivity index (χ2n) is 3.79. The molecule has 3 nitrogen and oxygen atoms in total. The number of hydrogen-bond acceptors (Lipinski definition) is 3. The SMILES string of the molecule is Cc1ccc(O)c(S(=O)(=O)c2ccccc2)c1. The van der Waals surface area contributed by atoms with Crippen molar-refractivity contribution in [3.63, 3.8) is 0 Å². The van der Waals surface area contributed by atoms with Crippen LogP contribution in [0.25, 0.3) is 0 Å². The fourth-order valence-corrected chi connectivity index (χ4v) is 3.02. The molecule has 0 aliphatic rings. The smallest absolute Gasteiger partial charge is 0.210 e. The summed E-state index contributed by atoms with van der Waals surface area (Å²) >= 11 is 0. The topological polar surface area (TPSA) is 54.4 Å². The fourth-order valence-electron chi connectivity index (χ4n) is 1.56. The lowest BCUT2D eigenvalue weighted by Crippen LogP contribution is -2.02. The quantitative estimate of drug-likeness (QED) is 0.888. The minimum atomic E-state index is -3.64. The van der Waals surface area contributed by atoms with Crippen LogP contribution in [0.15, 0.2) is 58.3 Å². The van der Waals surface area contributed by atoms with Crippen LogP contribution < -0.4 is 0 Å². The molecule has 0 radical (unpaired) electrons. The Labute approximate surface area is 100 Å². The molecular weight excluding hydrogens is 236 g/mol. The van der Waals surface area contributed by atoms with Gasteiger partial charge in [-0.1, -0.05) is 24.3 Å². The third kappa shape index (κ3) is 2.17. The molecule has 0 heterocycles. The molecule has 0 spiro atoms. The molecule has 88 valence electrons. The van der Waals surface area contributed by atoms with E-state index in [2.05, 4.69) is 0 Å². The monoisotopic (exact) mass is 248 g/mol. The Morgan fingerprint density at radius 3 is 2.29 bits per heavy atom. The number of benzene rings is 2. The van der Waals surface area contributed by atoms with Crippen LogP contribution in [0, 0.1) is 6.92 Å². The maximum atomic E-state index is 12.2. The van der Waals surface area contributed by atoms with Crippen molar-refractivity contribution < 1.29 is 13.5 Å². The Hall–Kier alpha value is -1.81. The molecule has 0 atom stereocenters. The van der Waals surface area contributed by atoms with Gasteiger partial charge in [-0.2, -0.15) is 0 Å². The number of aromatic hydroxyl groups is 1. The van der Waals surface area contributed by atoms with Gasteiger partial charge in [0.05, 0.1) is 4.90 Å². The molecule has 17 heavy (non-hydrogen) atoms. The van der Waals surface area contributed by atoms with E-state index in [-0.39, 0.29) is 15.5 Å². The molecule has 0 aliphatic heterocycles. The highest BCUT2D eigenvalue weighted by atomic mass is 32.2. The van der Waals surface area contributed by atoms with E-state index in [1.165, 1.54) is 24.3 Å². The minimum absolute atomic E-state index is 0.0521. The van der Waals surface area contributed by atoms with Gasteiger partial charge in [-0.3, -0.25) is 0 Å². The van der Waals surface area contributed by atoms with Gasteiger partial charge in [-0.15, -0.1) is 0 Å². The molecule has 1 N–H and O–H groups in total. The van der Waals surface area contributed by atoms with E-state index in [1.807, 2.05) is 0 Å². The van der Waals surface area contributed by atoms with Crippen molar-refractivity contribution in [1.29, 1.82) is 0 Å². The van der Waals surface area contributed by atoms with Crippen LogP contribution >= 0.6 is 0 Å². The maximum absolute atomic E-state index is 12.2. The number of hydrogen-bond donors (Lipinski definition) is 1. The summed E-state index contributed by atoms with van der Waals surface area (Å²) in [7, 11) is -3.64. The van der Waals surface area contributed by atoms with E-state index in [9.17, 15) is 13.5 Å². The molecule has 0 unspecified atom stereocenters. The van der Waals surface area contributed by atoms with Gasteiger partial charge in [-0.05, 0) is 36.8 Å². The van der Waals surface area contributed by atoms with Crippen LogP contribution in [-0.4, -0.2) is 13.5 Å². The zero-order valence-electron chi connectivity index (χ0n) is 9.29. The summed E-state index contributed by atoms with van der Waals surface area (Å²) in [5.41, 5.74) is 0.789. The molecule has 0 bridgehead atoms. The predicted octanol–water partition coefficient (Wildman–Crippen LogP) is 2.53. The van der Waals surface area contributed by atoms with E-state index in [4.69, 9.17) is 0 Å². The second kappa shape index (κ2) is 4.22. The number of sulfone groups is 1. The van der Waals surface area contributed by atoms with Gasteiger partial charge in [0.1, 0.15) is 10.6 Å². The molecule has 2 rings (SSSR count). The van der Waals surface area contributed by atoms with Gasteiger partial charge < -0.3 is 5.11 Å². The highest BCUT2D eigenvalue weighted by molar-refractivity contribution is 7.91. The van der Waals surface area contributed by atoms with Crippen LogP contribution in [0.1, 0.15) is 5.56 Å². The molecule has 2 aromatic carbocycles. The van der Waals surface area contributed by atoms with Crippen molar-refractivity contribution in [2.75, 3.05) is 0 Å². The Bertz CT molecular complexity index is 631. The summed E-state index contributed by atoms with van der Waals surface area (Å²) in [5, 5.41) is 9.65. The van der Waals surface area contributed by atoms with Gasteiger partial charge in [-0.25, -0.2) is 8.42 Å². The lowest BCUT2D eigenvalue weighted by Gasteiger charge is -2.07. The van der Waals surface area contributed by atoms with Gasteiger partial charge in [0.25, 0.3) is 0 Å². The third-order valence-electron chi connectivity index (χ3n) is 2.46. The first-order chi connectivity index (χ1) is 8.01. The molecule has 0 aromatic heterocycles. The van der Waals surface area contributed by atoms with Crippen LogP contribution in [0.2, 0.25) is 0 Å². The van der Waals surface area contributed by atoms with Crippen molar-refractivity contribution in [2.24, 2.45) is 0 Å². The molecule has 2 aromatic rings. The van der Waals surface area contributed by atoms with E-state index >= 15 is 0 Å². The zero-order chi connectivity index (χ0) is 12.5. The summed E-state index contributed by atoms with van der Waals surface area (Å²) in [6.07, 6.45) is 0.